The number of carbonyl (C=O) groups excluding carboxylic acids is 3. The first kappa shape index (κ1) is 48.8. The minimum atomic E-state index is -1.16. The van der Waals surface area contributed by atoms with Crippen LogP contribution in [-0.2, 0) is 17.9 Å². The molecular weight excluding hydrogens is 891 g/mol. The van der Waals surface area contributed by atoms with Crippen molar-refractivity contribution in [3.63, 3.8) is 0 Å². The Morgan fingerprint density at radius 2 is 1.45 bits per heavy atom. The van der Waals surface area contributed by atoms with Crippen molar-refractivity contribution < 1.29 is 58.1 Å². The molecule has 0 saturated carbocycles. The zero-order valence-corrected chi connectivity index (χ0v) is 39.0. The van der Waals surface area contributed by atoms with Crippen LogP contribution >= 0.6 is 0 Å². The molecule has 5 aromatic carbocycles. The van der Waals surface area contributed by atoms with Crippen LogP contribution in [0, 0.1) is 0 Å². The molecule has 2 aliphatic rings. The fourth-order valence-corrected chi connectivity index (χ4v) is 7.90. The van der Waals surface area contributed by atoms with E-state index in [0.29, 0.717) is 95.2 Å². The van der Waals surface area contributed by atoms with E-state index in [1.165, 1.54) is 52.8 Å². The number of piperazine rings is 1. The van der Waals surface area contributed by atoms with Gasteiger partial charge < -0.3 is 54.4 Å². The van der Waals surface area contributed by atoms with Crippen LogP contribution in [0.3, 0.4) is 0 Å². The molecule has 2 aliphatic heterocycles. The molecule has 1 fully saturated rings. The number of phenols is 2. The molecule has 1 unspecified atom stereocenters. The Kier molecular flexibility index (Phi) is 15.3. The molecule has 19 heteroatoms. The number of anilines is 2. The molecule has 7 N–H and O–H groups in total. The summed E-state index contributed by atoms with van der Waals surface area (Å²) in [5, 5.41) is 38.7. The lowest BCUT2D eigenvalue weighted by molar-refractivity contribution is 0.105. The highest BCUT2D eigenvalue weighted by Crippen LogP contribution is 2.40. The fourth-order valence-electron chi connectivity index (χ4n) is 7.90. The van der Waals surface area contributed by atoms with Crippen molar-refractivity contribution in [2.75, 3.05) is 64.8 Å². The van der Waals surface area contributed by atoms with Gasteiger partial charge in [-0.05, 0) is 82.8 Å². The maximum atomic E-state index is 13.7. The van der Waals surface area contributed by atoms with E-state index in [1.807, 2.05) is 38.1 Å². The number of benzene rings is 5. The second-order valence-electron chi connectivity index (χ2n) is 16.3. The highest BCUT2D eigenvalue weighted by Gasteiger charge is 2.31. The van der Waals surface area contributed by atoms with E-state index >= 15 is 0 Å². The maximum absolute atomic E-state index is 13.7. The van der Waals surface area contributed by atoms with Gasteiger partial charge >= 0.3 is 12.2 Å². The van der Waals surface area contributed by atoms with Crippen LogP contribution in [0.2, 0.25) is 0 Å². The number of aliphatic hydroxyl groups is 1. The van der Waals surface area contributed by atoms with E-state index in [9.17, 15) is 29.7 Å². The molecule has 2 heterocycles. The molecule has 2 amide bonds. The van der Waals surface area contributed by atoms with Gasteiger partial charge in [-0.1, -0.05) is 44.2 Å². The molecule has 0 aromatic heterocycles. The number of carbonyl (C=O) groups is 3. The number of hydrazone groups is 1. The Labute approximate surface area is 398 Å². The predicted molar refractivity (Wildman–Crippen MR) is 257 cm³/mol. The average Bonchev–Trinajstić information content (AvgIpc) is 3.74. The van der Waals surface area contributed by atoms with Gasteiger partial charge in [-0.2, -0.15) is 5.10 Å². The predicted octanol–water partition coefficient (Wildman–Crippen LogP) is 6.55. The number of nitrogens with one attached hydrogen (secondary N) is 2. The number of nitrogens with two attached hydrogens (primary N) is 1. The lowest BCUT2D eigenvalue weighted by Gasteiger charge is -2.34. The molecule has 5 aromatic rings. The average molecular weight is 946 g/mol. The van der Waals surface area contributed by atoms with Crippen LogP contribution in [0.5, 0.6) is 40.2 Å². The number of hydrogen-bond acceptors (Lipinski definition) is 17. The van der Waals surface area contributed by atoms with Gasteiger partial charge in [0.25, 0.3) is 0 Å². The number of allylic oxidation sites excluding steroid dienone is 1. The summed E-state index contributed by atoms with van der Waals surface area (Å²) in [5.74, 6) is 1.24. The number of amides is 2. The summed E-state index contributed by atoms with van der Waals surface area (Å²) in [7, 11) is 5.79. The first-order valence-electron chi connectivity index (χ1n) is 21.9. The number of Topliss-reactive ketones (excluding diaryl/α,β-unsaturated/α-hetero) is 1. The third-order valence-corrected chi connectivity index (χ3v) is 11.6. The molecule has 19 nitrogen and oxygen atoms in total. The first-order chi connectivity index (χ1) is 33.2. The van der Waals surface area contributed by atoms with Crippen molar-refractivity contribution in [2.45, 2.75) is 39.3 Å². The van der Waals surface area contributed by atoms with E-state index in [2.05, 4.69) is 20.7 Å². The number of hydrogen-bond donors (Lipinski definition) is 6. The van der Waals surface area contributed by atoms with Gasteiger partial charge in [0.15, 0.2) is 23.1 Å². The normalized spacial score (nSPS) is 15.0. The number of ether oxygens (including phenoxy) is 6. The van der Waals surface area contributed by atoms with Crippen LogP contribution in [0.25, 0.3) is 5.57 Å². The zero-order chi connectivity index (χ0) is 49.4. The summed E-state index contributed by atoms with van der Waals surface area (Å²) < 4.78 is 32.8. The van der Waals surface area contributed by atoms with Crippen molar-refractivity contribution in [1.82, 2.24) is 15.2 Å². The van der Waals surface area contributed by atoms with Crippen LogP contribution in [0.4, 0.5) is 21.0 Å². The summed E-state index contributed by atoms with van der Waals surface area (Å²) >= 11 is 0. The third-order valence-electron chi connectivity index (χ3n) is 11.6. The molecule has 0 aliphatic carbocycles. The van der Waals surface area contributed by atoms with Gasteiger partial charge in [-0.3, -0.25) is 25.3 Å². The quantitative estimate of drug-likeness (QED) is 0.0454. The Morgan fingerprint density at radius 3 is 2.06 bits per heavy atom. The summed E-state index contributed by atoms with van der Waals surface area (Å²) in [4.78, 5) is 45.3. The largest absolute Gasteiger partial charge is 0.508 e. The number of rotatable bonds is 16. The van der Waals surface area contributed by atoms with Gasteiger partial charge in [0.05, 0.1) is 39.7 Å². The van der Waals surface area contributed by atoms with E-state index in [-0.39, 0.29) is 40.8 Å². The SMILES string of the molecule is COc1ccc(C(=CN)C(=O)c2cc(OC)c(OC)c(OC)c2)cc1NC(=O)OCc1ccc(OC(=O)N2CCN(Cc3ccc(N4C(c5cc(C(C)C)c(O)cc5O)=NNC4O)cc3)CC2)cc1. The van der Waals surface area contributed by atoms with Crippen molar-refractivity contribution in [3.8, 4) is 40.2 Å². The Bertz CT molecular complexity index is 2710. The molecule has 1 saturated heterocycles. The Hall–Kier alpha value is -8.16. The summed E-state index contributed by atoms with van der Waals surface area (Å²) in [5.41, 5.74) is 12.9. The van der Waals surface area contributed by atoms with Gasteiger partial charge in [-0.25, -0.2) is 9.59 Å². The van der Waals surface area contributed by atoms with Crippen LogP contribution in [0.1, 0.15) is 57.9 Å². The summed E-state index contributed by atoms with van der Waals surface area (Å²) in [6.45, 7) is 6.55. The second-order valence-corrected chi connectivity index (χ2v) is 16.3. The maximum Gasteiger partial charge on any atom is 0.415 e. The summed E-state index contributed by atoms with van der Waals surface area (Å²) in [6, 6.07) is 25.0. The summed E-state index contributed by atoms with van der Waals surface area (Å²) in [6.07, 6.45) is -1.26. The van der Waals surface area contributed by atoms with Crippen molar-refractivity contribution >= 4 is 40.8 Å². The molecule has 0 radical (unpaired) electrons. The Balaban J connectivity index is 0.880. The van der Waals surface area contributed by atoms with Crippen LogP contribution in [0.15, 0.2) is 102 Å². The highest BCUT2D eigenvalue weighted by atomic mass is 16.6. The lowest BCUT2D eigenvalue weighted by atomic mass is 9.96. The van der Waals surface area contributed by atoms with E-state index in [4.69, 9.17) is 34.2 Å². The molecule has 0 spiro atoms. The molecule has 7 rings (SSSR count). The monoisotopic (exact) mass is 945 g/mol. The third kappa shape index (κ3) is 11.0. The Morgan fingerprint density at radius 1 is 0.797 bits per heavy atom. The fraction of sp³-hybridized carbons (Fsp3) is 0.280. The van der Waals surface area contributed by atoms with Gasteiger partial charge in [0, 0.05) is 61.8 Å². The van der Waals surface area contributed by atoms with Gasteiger partial charge in [0.1, 0.15) is 29.6 Å². The van der Waals surface area contributed by atoms with Gasteiger partial charge in [-0.15, -0.1) is 0 Å². The zero-order valence-electron chi connectivity index (χ0n) is 39.0. The number of aliphatic hydroxyl groups excluding tert-OH is 1. The number of methoxy groups -OCH3 is 4. The van der Waals surface area contributed by atoms with E-state index < -0.39 is 24.3 Å². The van der Waals surface area contributed by atoms with Crippen molar-refractivity contribution in [3.05, 3.63) is 131 Å². The molecule has 362 valence electrons. The molecular formula is C50H55N7O12. The molecule has 69 heavy (non-hydrogen) atoms. The number of amidine groups is 1. The molecule has 0 bridgehead atoms. The number of ketones is 1. The van der Waals surface area contributed by atoms with Crippen molar-refractivity contribution in [1.29, 1.82) is 0 Å². The number of aromatic hydroxyl groups is 2. The number of phenolic OH excluding ortho intramolecular Hbond substituents is 2. The van der Waals surface area contributed by atoms with Crippen LogP contribution < -0.4 is 45.1 Å². The van der Waals surface area contributed by atoms with Crippen molar-refractivity contribution in [2.24, 2.45) is 10.8 Å². The van der Waals surface area contributed by atoms with E-state index in [0.717, 1.165) is 5.56 Å². The minimum absolute atomic E-state index is 0.00703. The first-order valence-corrected chi connectivity index (χ1v) is 21.9. The van der Waals surface area contributed by atoms with E-state index in [1.54, 1.807) is 58.3 Å². The highest BCUT2D eigenvalue weighted by molar-refractivity contribution is 6.29. The second kappa shape index (κ2) is 21.6. The lowest BCUT2D eigenvalue weighted by Crippen LogP contribution is -2.49. The topological polar surface area (TPSA) is 239 Å². The molecule has 1 atom stereocenters. The van der Waals surface area contributed by atoms with Crippen LogP contribution in [-0.4, -0.2) is 110 Å². The number of nitrogens with zero attached hydrogens (tertiary/aromatic N) is 4. The smallest absolute Gasteiger partial charge is 0.415 e. The standard InChI is InChI=1S/C50H55N7O12/c1-29(2)36-24-37(41(59)25-40(36)58)47-53-54-48(61)57(47)34-12-7-30(8-13-34)27-55-17-19-56(20-18-55)50(63)69-35-14-9-31(10-15-35)28-68-49(62)52-39-21-32(11-16-42(39)64-3)38(26-51)45(60)33-22-43(65-4)46(67-6)44(23-33)66-5/h7-16,21-26,29,48,54,58-59,61H,17-20,27-28,51H2,1-6H3,(H,52,62). The minimum Gasteiger partial charge on any atom is -0.508 e. The van der Waals surface area contributed by atoms with Gasteiger partial charge in [0.2, 0.25) is 12.1 Å².